The van der Waals surface area contributed by atoms with E-state index in [1.54, 1.807) is 0 Å². The number of hydrogen-bond donors (Lipinski definition) is 2. The van der Waals surface area contributed by atoms with Gasteiger partial charge in [0.25, 0.3) is 0 Å². The molecule has 0 aliphatic carbocycles. The number of likely N-dealkylation sites (tertiary alicyclic amines) is 1. The molecule has 0 aromatic heterocycles. The lowest BCUT2D eigenvalue weighted by molar-refractivity contribution is -0.0273. The van der Waals surface area contributed by atoms with Gasteiger partial charge in [0, 0.05) is 19.6 Å². The first kappa shape index (κ1) is 12.6. The van der Waals surface area contributed by atoms with Crippen molar-refractivity contribution in [3.63, 3.8) is 0 Å². The second kappa shape index (κ2) is 5.63. The molecular formula is C14H22N2O. The van der Waals surface area contributed by atoms with E-state index in [4.69, 9.17) is 5.73 Å². The fourth-order valence-corrected chi connectivity index (χ4v) is 2.49. The molecule has 0 radical (unpaired) electrons. The molecule has 17 heavy (non-hydrogen) atoms. The van der Waals surface area contributed by atoms with Crippen LogP contribution in [0.15, 0.2) is 30.3 Å². The van der Waals surface area contributed by atoms with Crippen molar-refractivity contribution in [2.45, 2.75) is 31.4 Å². The summed E-state index contributed by atoms with van der Waals surface area (Å²) in [6, 6.07) is 10.5. The topological polar surface area (TPSA) is 49.5 Å². The summed E-state index contributed by atoms with van der Waals surface area (Å²) in [5.41, 5.74) is 6.36. The standard InChI is InChI=1S/C14H22N2O/c15-9-6-14(17)7-10-16(11-8-14)12-13-4-2-1-3-5-13/h1-5,17H,6-12,15H2. The predicted molar refractivity (Wildman–Crippen MR) is 69.6 cm³/mol. The van der Waals surface area contributed by atoms with Gasteiger partial charge in [-0.3, -0.25) is 4.90 Å². The molecule has 3 nitrogen and oxygen atoms in total. The first-order valence-electron chi connectivity index (χ1n) is 6.41. The summed E-state index contributed by atoms with van der Waals surface area (Å²) in [5, 5.41) is 10.2. The summed E-state index contributed by atoms with van der Waals surface area (Å²) >= 11 is 0. The Bertz CT molecular complexity index is 331. The summed E-state index contributed by atoms with van der Waals surface area (Å²) in [7, 11) is 0. The predicted octanol–water partition coefficient (Wildman–Crippen LogP) is 1.36. The lowest BCUT2D eigenvalue weighted by atomic mass is 9.88. The van der Waals surface area contributed by atoms with Crippen molar-refractivity contribution in [3.8, 4) is 0 Å². The highest BCUT2D eigenvalue weighted by Crippen LogP contribution is 2.25. The van der Waals surface area contributed by atoms with E-state index in [-0.39, 0.29) is 0 Å². The van der Waals surface area contributed by atoms with Gasteiger partial charge in [-0.05, 0) is 31.4 Å². The van der Waals surface area contributed by atoms with Crippen molar-refractivity contribution in [2.24, 2.45) is 5.73 Å². The minimum atomic E-state index is -0.512. The highest BCUT2D eigenvalue weighted by Gasteiger charge is 2.31. The minimum Gasteiger partial charge on any atom is -0.390 e. The van der Waals surface area contributed by atoms with Crippen molar-refractivity contribution < 1.29 is 5.11 Å². The molecule has 1 heterocycles. The van der Waals surface area contributed by atoms with Crippen LogP contribution < -0.4 is 5.73 Å². The van der Waals surface area contributed by atoms with Crippen LogP contribution in [-0.2, 0) is 6.54 Å². The molecule has 1 fully saturated rings. The third-order valence-electron chi connectivity index (χ3n) is 3.65. The van der Waals surface area contributed by atoms with Crippen LogP contribution in [0.2, 0.25) is 0 Å². The van der Waals surface area contributed by atoms with Crippen molar-refractivity contribution in [2.75, 3.05) is 19.6 Å². The Labute approximate surface area is 103 Å². The van der Waals surface area contributed by atoms with Gasteiger partial charge in [-0.15, -0.1) is 0 Å². The quantitative estimate of drug-likeness (QED) is 0.827. The number of aliphatic hydroxyl groups is 1. The molecule has 0 unspecified atom stereocenters. The van der Waals surface area contributed by atoms with Gasteiger partial charge in [-0.25, -0.2) is 0 Å². The number of nitrogens with two attached hydrogens (primary N) is 1. The summed E-state index contributed by atoms with van der Waals surface area (Å²) in [6.07, 6.45) is 2.42. The monoisotopic (exact) mass is 234 g/mol. The highest BCUT2D eigenvalue weighted by atomic mass is 16.3. The van der Waals surface area contributed by atoms with Crippen LogP contribution in [0.25, 0.3) is 0 Å². The molecule has 2 rings (SSSR count). The Balaban J connectivity index is 1.83. The molecule has 1 aliphatic heterocycles. The van der Waals surface area contributed by atoms with Crippen LogP contribution in [0.3, 0.4) is 0 Å². The van der Waals surface area contributed by atoms with E-state index in [9.17, 15) is 5.11 Å². The maximum absolute atomic E-state index is 10.2. The first-order valence-corrected chi connectivity index (χ1v) is 6.41. The minimum absolute atomic E-state index is 0.512. The van der Waals surface area contributed by atoms with Crippen molar-refractivity contribution in [1.82, 2.24) is 4.90 Å². The van der Waals surface area contributed by atoms with E-state index in [1.165, 1.54) is 5.56 Å². The first-order chi connectivity index (χ1) is 8.22. The van der Waals surface area contributed by atoms with Gasteiger partial charge in [0.15, 0.2) is 0 Å². The zero-order valence-corrected chi connectivity index (χ0v) is 10.3. The average Bonchev–Trinajstić information content (AvgIpc) is 2.34. The normalized spacial score (nSPS) is 20.4. The van der Waals surface area contributed by atoms with E-state index >= 15 is 0 Å². The molecule has 0 saturated carbocycles. The van der Waals surface area contributed by atoms with Crippen LogP contribution in [0.1, 0.15) is 24.8 Å². The van der Waals surface area contributed by atoms with Gasteiger partial charge in [-0.1, -0.05) is 30.3 Å². The van der Waals surface area contributed by atoms with Gasteiger partial charge in [0.05, 0.1) is 5.60 Å². The van der Waals surface area contributed by atoms with Gasteiger partial charge >= 0.3 is 0 Å². The summed E-state index contributed by atoms with van der Waals surface area (Å²) < 4.78 is 0. The molecule has 1 saturated heterocycles. The number of benzene rings is 1. The van der Waals surface area contributed by atoms with Gasteiger partial charge in [0.1, 0.15) is 0 Å². The van der Waals surface area contributed by atoms with Gasteiger partial charge in [-0.2, -0.15) is 0 Å². The third kappa shape index (κ3) is 3.53. The summed E-state index contributed by atoms with van der Waals surface area (Å²) in [6.45, 7) is 3.49. The zero-order chi connectivity index (χ0) is 12.1. The second-order valence-corrected chi connectivity index (χ2v) is 5.02. The van der Waals surface area contributed by atoms with Gasteiger partial charge in [0.2, 0.25) is 0 Å². The Kier molecular flexibility index (Phi) is 4.15. The molecule has 1 aromatic rings. The second-order valence-electron chi connectivity index (χ2n) is 5.02. The number of piperidine rings is 1. The number of nitrogens with zero attached hydrogens (tertiary/aromatic N) is 1. The van der Waals surface area contributed by atoms with E-state index in [2.05, 4.69) is 29.2 Å². The fraction of sp³-hybridized carbons (Fsp3) is 0.571. The molecule has 0 spiro atoms. The highest BCUT2D eigenvalue weighted by molar-refractivity contribution is 5.14. The van der Waals surface area contributed by atoms with Crippen LogP contribution in [-0.4, -0.2) is 35.2 Å². The molecule has 1 aliphatic rings. The van der Waals surface area contributed by atoms with Crippen molar-refractivity contribution in [1.29, 1.82) is 0 Å². The Morgan fingerprint density at radius 2 is 1.82 bits per heavy atom. The molecule has 3 N–H and O–H groups in total. The number of hydrogen-bond acceptors (Lipinski definition) is 3. The Morgan fingerprint density at radius 1 is 1.18 bits per heavy atom. The summed E-state index contributed by atoms with van der Waals surface area (Å²) in [4.78, 5) is 2.40. The van der Waals surface area contributed by atoms with E-state index in [0.717, 1.165) is 38.9 Å². The molecule has 0 amide bonds. The molecule has 0 atom stereocenters. The van der Waals surface area contributed by atoms with Crippen LogP contribution in [0.5, 0.6) is 0 Å². The SMILES string of the molecule is NCCC1(O)CCN(Cc2ccccc2)CC1. The van der Waals surface area contributed by atoms with E-state index in [0.29, 0.717) is 6.54 Å². The molecule has 1 aromatic carbocycles. The molecule has 3 heteroatoms. The maximum Gasteiger partial charge on any atom is 0.0684 e. The van der Waals surface area contributed by atoms with Crippen LogP contribution >= 0.6 is 0 Å². The summed E-state index contributed by atoms with van der Waals surface area (Å²) in [5.74, 6) is 0. The van der Waals surface area contributed by atoms with Crippen LogP contribution in [0.4, 0.5) is 0 Å². The van der Waals surface area contributed by atoms with Crippen LogP contribution in [0, 0.1) is 0 Å². The van der Waals surface area contributed by atoms with E-state index < -0.39 is 5.60 Å². The smallest absolute Gasteiger partial charge is 0.0684 e. The molecule has 0 bridgehead atoms. The fourth-order valence-electron chi connectivity index (χ4n) is 2.49. The van der Waals surface area contributed by atoms with Crippen molar-refractivity contribution >= 4 is 0 Å². The molecule has 94 valence electrons. The maximum atomic E-state index is 10.2. The lowest BCUT2D eigenvalue weighted by Gasteiger charge is -2.38. The third-order valence-corrected chi connectivity index (χ3v) is 3.65. The molecular weight excluding hydrogens is 212 g/mol. The Hall–Kier alpha value is -0.900. The van der Waals surface area contributed by atoms with E-state index in [1.807, 2.05) is 6.07 Å². The lowest BCUT2D eigenvalue weighted by Crippen LogP contribution is -2.45. The van der Waals surface area contributed by atoms with Gasteiger partial charge < -0.3 is 10.8 Å². The number of rotatable bonds is 4. The zero-order valence-electron chi connectivity index (χ0n) is 10.3. The largest absolute Gasteiger partial charge is 0.390 e. The van der Waals surface area contributed by atoms with Crippen molar-refractivity contribution in [3.05, 3.63) is 35.9 Å². The Morgan fingerprint density at radius 3 is 2.41 bits per heavy atom. The average molecular weight is 234 g/mol.